The molecule has 2 heterocycles. The third-order valence-corrected chi connectivity index (χ3v) is 4.80. The molecule has 1 aliphatic rings. The first-order valence-electron chi connectivity index (χ1n) is 8.64. The molecular weight excluding hydrogens is 303 g/mol. The van der Waals surface area contributed by atoms with Crippen LogP contribution < -0.4 is 5.32 Å². The Bertz CT molecular complexity index is 819. The van der Waals surface area contributed by atoms with E-state index in [0.717, 1.165) is 35.2 Å². The molecule has 1 saturated carbocycles. The molecule has 0 atom stereocenters. The molecule has 0 spiro atoms. The van der Waals surface area contributed by atoms with Crippen LogP contribution in [0, 0.1) is 11.7 Å². The van der Waals surface area contributed by atoms with Gasteiger partial charge in [-0.1, -0.05) is 19.3 Å². The summed E-state index contributed by atoms with van der Waals surface area (Å²) in [4.78, 5) is 4.39. The van der Waals surface area contributed by atoms with Crippen molar-refractivity contribution in [1.29, 1.82) is 0 Å². The maximum atomic E-state index is 13.1. The van der Waals surface area contributed by atoms with Crippen molar-refractivity contribution in [2.45, 2.75) is 32.1 Å². The number of hydrogen-bond donors (Lipinski definition) is 1. The normalized spacial score (nSPS) is 15.7. The van der Waals surface area contributed by atoms with Crippen molar-refractivity contribution in [2.75, 3.05) is 11.9 Å². The molecular formula is C19H21FN4. The summed E-state index contributed by atoms with van der Waals surface area (Å²) in [6.45, 7) is 0.971. The van der Waals surface area contributed by atoms with Crippen LogP contribution in [-0.4, -0.2) is 21.1 Å². The number of halogens is 1. The van der Waals surface area contributed by atoms with Gasteiger partial charge in [-0.25, -0.2) is 13.9 Å². The van der Waals surface area contributed by atoms with Crippen molar-refractivity contribution in [3.8, 4) is 11.3 Å². The number of hydrogen-bond acceptors (Lipinski definition) is 3. The lowest BCUT2D eigenvalue weighted by Crippen LogP contribution is -2.18. The Hall–Kier alpha value is -2.43. The average molecular weight is 324 g/mol. The molecule has 1 fully saturated rings. The smallest absolute Gasteiger partial charge is 0.154 e. The van der Waals surface area contributed by atoms with Crippen LogP contribution in [0.15, 0.2) is 42.6 Å². The van der Waals surface area contributed by atoms with Gasteiger partial charge in [0.1, 0.15) is 11.6 Å². The number of aromatic nitrogens is 3. The van der Waals surface area contributed by atoms with E-state index in [2.05, 4.69) is 15.4 Å². The summed E-state index contributed by atoms with van der Waals surface area (Å²) in [7, 11) is 0. The van der Waals surface area contributed by atoms with Crippen LogP contribution in [0.25, 0.3) is 16.9 Å². The second-order valence-electron chi connectivity index (χ2n) is 6.52. The van der Waals surface area contributed by atoms with Gasteiger partial charge in [0.15, 0.2) is 5.65 Å². The first kappa shape index (κ1) is 15.1. The van der Waals surface area contributed by atoms with Gasteiger partial charge in [-0.3, -0.25) is 0 Å². The van der Waals surface area contributed by atoms with Crippen LogP contribution in [-0.2, 0) is 0 Å². The lowest BCUT2D eigenvalue weighted by atomic mass is 9.89. The lowest BCUT2D eigenvalue weighted by molar-refractivity contribution is 0.373. The zero-order valence-corrected chi connectivity index (χ0v) is 13.6. The standard InChI is InChI=1S/C19H21FN4/c20-16-8-6-15(7-9-16)17-13-22-19-11-10-18(23-24(17)19)21-12-14-4-2-1-3-5-14/h6-11,13-14H,1-5,12H2,(H,21,23). The van der Waals surface area contributed by atoms with Gasteiger partial charge in [0.25, 0.3) is 0 Å². The summed E-state index contributed by atoms with van der Waals surface area (Å²) in [6.07, 6.45) is 8.45. The van der Waals surface area contributed by atoms with Crippen LogP contribution >= 0.6 is 0 Å². The highest BCUT2D eigenvalue weighted by Crippen LogP contribution is 2.24. The number of nitrogens with zero attached hydrogens (tertiary/aromatic N) is 3. The van der Waals surface area contributed by atoms with Gasteiger partial charge in [0.2, 0.25) is 0 Å². The Morgan fingerprint density at radius 2 is 1.83 bits per heavy atom. The van der Waals surface area contributed by atoms with Crippen LogP contribution in [0.3, 0.4) is 0 Å². The molecule has 5 heteroatoms. The van der Waals surface area contributed by atoms with Crippen LogP contribution in [0.1, 0.15) is 32.1 Å². The van der Waals surface area contributed by atoms with Crippen molar-refractivity contribution in [3.05, 3.63) is 48.4 Å². The highest BCUT2D eigenvalue weighted by molar-refractivity contribution is 5.63. The first-order chi connectivity index (χ1) is 11.8. The van der Waals surface area contributed by atoms with E-state index in [-0.39, 0.29) is 5.82 Å². The summed E-state index contributed by atoms with van der Waals surface area (Å²) in [5.74, 6) is 1.36. The second kappa shape index (κ2) is 6.59. The average Bonchev–Trinajstić information content (AvgIpc) is 3.05. The number of benzene rings is 1. The first-order valence-corrected chi connectivity index (χ1v) is 8.64. The van der Waals surface area contributed by atoms with Gasteiger partial charge < -0.3 is 5.32 Å². The lowest BCUT2D eigenvalue weighted by Gasteiger charge is -2.21. The minimum atomic E-state index is -0.240. The largest absolute Gasteiger partial charge is 0.368 e. The minimum Gasteiger partial charge on any atom is -0.368 e. The van der Waals surface area contributed by atoms with E-state index in [1.54, 1.807) is 18.3 Å². The third kappa shape index (κ3) is 3.11. The highest BCUT2D eigenvalue weighted by Gasteiger charge is 2.14. The van der Waals surface area contributed by atoms with Gasteiger partial charge in [0, 0.05) is 12.1 Å². The van der Waals surface area contributed by atoms with Crippen molar-refractivity contribution in [1.82, 2.24) is 14.6 Å². The fraction of sp³-hybridized carbons (Fsp3) is 0.368. The summed E-state index contributed by atoms with van der Waals surface area (Å²) >= 11 is 0. The van der Waals surface area contributed by atoms with Gasteiger partial charge in [-0.15, -0.1) is 5.10 Å². The van der Waals surface area contributed by atoms with E-state index in [1.807, 2.05) is 16.6 Å². The van der Waals surface area contributed by atoms with E-state index in [9.17, 15) is 4.39 Å². The zero-order chi connectivity index (χ0) is 16.4. The molecule has 1 N–H and O–H groups in total. The van der Waals surface area contributed by atoms with Gasteiger partial charge >= 0.3 is 0 Å². The Kier molecular flexibility index (Phi) is 4.15. The molecule has 0 aliphatic heterocycles. The highest BCUT2D eigenvalue weighted by atomic mass is 19.1. The maximum absolute atomic E-state index is 13.1. The number of imidazole rings is 1. The molecule has 2 aromatic heterocycles. The van der Waals surface area contributed by atoms with Crippen LogP contribution in [0.4, 0.5) is 10.2 Å². The molecule has 3 aromatic rings. The summed E-state index contributed by atoms with van der Waals surface area (Å²) in [6, 6.07) is 10.4. The Morgan fingerprint density at radius 1 is 1.04 bits per heavy atom. The summed E-state index contributed by atoms with van der Waals surface area (Å²) < 4.78 is 15.0. The molecule has 24 heavy (non-hydrogen) atoms. The summed E-state index contributed by atoms with van der Waals surface area (Å²) in [5, 5.41) is 8.13. The molecule has 0 amide bonds. The maximum Gasteiger partial charge on any atom is 0.154 e. The van der Waals surface area contributed by atoms with E-state index in [0.29, 0.717) is 0 Å². The number of nitrogens with one attached hydrogen (secondary N) is 1. The second-order valence-corrected chi connectivity index (χ2v) is 6.52. The quantitative estimate of drug-likeness (QED) is 0.767. The molecule has 4 rings (SSSR count). The summed E-state index contributed by atoms with van der Waals surface area (Å²) in [5.41, 5.74) is 2.56. The minimum absolute atomic E-state index is 0.240. The number of rotatable bonds is 4. The molecule has 0 unspecified atom stereocenters. The van der Waals surface area contributed by atoms with E-state index >= 15 is 0 Å². The molecule has 1 aliphatic carbocycles. The molecule has 4 nitrogen and oxygen atoms in total. The monoisotopic (exact) mass is 324 g/mol. The molecule has 0 radical (unpaired) electrons. The molecule has 0 saturated heterocycles. The van der Waals surface area contributed by atoms with Crippen LogP contribution in [0.5, 0.6) is 0 Å². The van der Waals surface area contributed by atoms with E-state index in [4.69, 9.17) is 0 Å². The molecule has 124 valence electrons. The van der Waals surface area contributed by atoms with Crippen molar-refractivity contribution >= 4 is 11.5 Å². The predicted octanol–water partition coefficient (Wildman–Crippen LogP) is 4.53. The van der Waals surface area contributed by atoms with Crippen LogP contribution in [0.2, 0.25) is 0 Å². The Morgan fingerprint density at radius 3 is 2.62 bits per heavy atom. The third-order valence-electron chi connectivity index (χ3n) is 4.80. The van der Waals surface area contributed by atoms with Gasteiger partial charge in [-0.2, -0.15) is 0 Å². The fourth-order valence-electron chi connectivity index (χ4n) is 3.43. The van der Waals surface area contributed by atoms with E-state index in [1.165, 1.54) is 44.2 Å². The van der Waals surface area contributed by atoms with Gasteiger partial charge in [0.05, 0.1) is 11.9 Å². The zero-order valence-electron chi connectivity index (χ0n) is 13.6. The van der Waals surface area contributed by atoms with Crippen molar-refractivity contribution in [2.24, 2.45) is 5.92 Å². The number of fused-ring (bicyclic) bond motifs is 1. The fourth-order valence-corrected chi connectivity index (χ4v) is 3.43. The SMILES string of the molecule is Fc1ccc(-c2cnc3ccc(NCC4CCCCC4)nn23)cc1. The molecule has 1 aromatic carbocycles. The van der Waals surface area contributed by atoms with Crippen molar-refractivity contribution < 1.29 is 4.39 Å². The van der Waals surface area contributed by atoms with E-state index < -0.39 is 0 Å². The Labute approximate surface area is 140 Å². The number of anilines is 1. The van der Waals surface area contributed by atoms with Gasteiger partial charge in [-0.05, 0) is 55.2 Å². The topological polar surface area (TPSA) is 42.2 Å². The Balaban J connectivity index is 1.57. The predicted molar refractivity (Wildman–Crippen MR) is 93.4 cm³/mol. The van der Waals surface area contributed by atoms with Crippen molar-refractivity contribution in [3.63, 3.8) is 0 Å². The molecule has 0 bridgehead atoms.